The number of anilines is 1. The number of hydrogen-bond donors (Lipinski definition) is 1. The van der Waals surface area contributed by atoms with E-state index in [0.29, 0.717) is 6.04 Å². The first-order valence-electron chi connectivity index (χ1n) is 6.87. The fourth-order valence-corrected chi connectivity index (χ4v) is 3.48. The lowest BCUT2D eigenvalue weighted by atomic mass is 10.1. The fourth-order valence-electron chi connectivity index (χ4n) is 2.72. The van der Waals surface area contributed by atoms with Crippen LogP contribution in [-0.2, 0) is 13.0 Å². The monoisotopic (exact) mass is 272 g/mol. The highest BCUT2D eigenvalue weighted by atomic mass is 32.1. The van der Waals surface area contributed by atoms with Gasteiger partial charge in [-0.3, -0.25) is 4.90 Å². The summed E-state index contributed by atoms with van der Waals surface area (Å²) in [4.78, 5) is 3.93. The van der Waals surface area contributed by atoms with Gasteiger partial charge in [0.05, 0.1) is 0 Å². The fraction of sp³-hybridized carbons (Fsp3) is 0.375. The van der Waals surface area contributed by atoms with Crippen LogP contribution in [0.4, 0.5) is 5.69 Å². The van der Waals surface area contributed by atoms with Crippen molar-refractivity contribution in [2.24, 2.45) is 0 Å². The molecule has 0 saturated carbocycles. The Morgan fingerprint density at radius 2 is 2.16 bits per heavy atom. The Hall–Kier alpha value is -1.32. The Kier molecular flexibility index (Phi) is 3.85. The van der Waals surface area contributed by atoms with Gasteiger partial charge in [0.2, 0.25) is 0 Å². The lowest BCUT2D eigenvalue weighted by Gasteiger charge is -2.26. The normalized spacial score (nSPS) is 18.7. The predicted molar refractivity (Wildman–Crippen MR) is 82.8 cm³/mol. The molecule has 3 heteroatoms. The van der Waals surface area contributed by atoms with Crippen LogP contribution in [-0.4, -0.2) is 24.5 Å². The van der Waals surface area contributed by atoms with Crippen molar-refractivity contribution in [3.8, 4) is 0 Å². The zero-order valence-corrected chi connectivity index (χ0v) is 12.1. The van der Waals surface area contributed by atoms with E-state index in [0.717, 1.165) is 13.1 Å². The number of para-hydroxylation sites is 1. The first-order valence-corrected chi connectivity index (χ1v) is 7.75. The zero-order valence-electron chi connectivity index (χ0n) is 11.3. The van der Waals surface area contributed by atoms with Crippen molar-refractivity contribution in [2.75, 3.05) is 18.9 Å². The molecule has 0 fully saturated rings. The van der Waals surface area contributed by atoms with Crippen molar-refractivity contribution >= 4 is 17.0 Å². The summed E-state index contributed by atoms with van der Waals surface area (Å²) in [5, 5.41) is 5.75. The molecule has 2 aromatic rings. The molecule has 0 amide bonds. The summed E-state index contributed by atoms with van der Waals surface area (Å²) < 4.78 is 0. The van der Waals surface area contributed by atoms with E-state index in [1.807, 2.05) is 11.3 Å². The van der Waals surface area contributed by atoms with E-state index in [4.69, 9.17) is 0 Å². The van der Waals surface area contributed by atoms with Gasteiger partial charge in [0.15, 0.2) is 0 Å². The van der Waals surface area contributed by atoms with Crippen molar-refractivity contribution in [1.29, 1.82) is 0 Å². The maximum Gasteiger partial charge on any atom is 0.0373 e. The van der Waals surface area contributed by atoms with E-state index < -0.39 is 0 Å². The van der Waals surface area contributed by atoms with Crippen LogP contribution in [0.1, 0.15) is 16.9 Å². The molecule has 1 aliphatic rings. The Bertz CT molecular complexity index is 494. The maximum absolute atomic E-state index is 3.60. The summed E-state index contributed by atoms with van der Waals surface area (Å²) in [6.07, 6.45) is 2.40. The van der Waals surface area contributed by atoms with Gasteiger partial charge in [0, 0.05) is 29.7 Å². The number of nitrogens with one attached hydrogen (secondary N) is 1. The van der Waals surface area contributed by atoms with Crippen molar-refractivity contribution in [1.82, 2.24) is 4.90 Å². The highest BCUT2D eigenvalue weighted by molar-refractivity contribution is 7.09. The molecule has 0 aliphatic carbocycles. The molecule has 1 atom stereocenters. The first kappa shape index (κ1) is 12.7. The third kappa shape index (κ3) is 2.99. The average Bonchev–Trinajstić information content (AvgIpc) is 2.83. The molecule has 1 unspecified atom stereocenters. The Morgan fingerprint density at radius 3 is 3.00 bits per heavy atom. The molecular formula is C16H20N2S. The lowest BCUT2D eigenvalue weighted by molar-refractivity contribution is 0.235. The van der Waals surface area contributed by atoms with E-state index in [-0.39, 0.29) is 0 Å². The molecule has 0 saturated heterocycles. The quantitative estimate of drug-likeness (QED) is 0.918. The van der Waals surface area contributed by atoms with Gasteiger partial charge in [-0.15, -0.1) is 11.3 Å². The van der Waals surface area contributed by atoms with Gasteiger partial charge < -0.3 is 5.32 Å². The smallest absolute Gasteiger partial charge is 0.0373 e. The minimum Gasteiger partial charge on any atom is -0.383 e. The number of hydrogen-bond acceptors (Lipinski definition) is 3. The van der Waals surface area contributed by atoms with E-state index in [1.165, 1.54) is 29.0 Å². The SMILES string of the molecule is CN(Cc1cccs1)C1CCc2ccccc2NC1. The number of benzene rings is 1. The van der Waals surface area contributed by atoms with Crippen LogP contribution in [0.25, 0.3) is 0 Å². The second-order valence-corrected chi connectivity index (χ2v) is 6.26. The molecule has 0 spiro atoms. The lowest BCUT2D eigenvalue weighted by Crippen LogP contribution is -2.36. The summed E-state index contributed by atoms with van der Waals surface area (Å²) in [5.74, 6) is 0. The van der Waals surface area contributed by atoms with Crippen LogP contribution in [0.2, 0.25) is 0 Å². The molecule has 2 nitrogen and oxygen atoms in total. The van der Waals surface area contributed by atoms with Gasteiger partial charge in [-0.05, 0) is 43.0 Å². The number of nitrogens with zero attached hydrogens (tertiary/aromatic N) is 1. The van der Waals surface area contributed by atoms with Gasteiger partial charge in [-0.1, -0.05) is 24.3 Å². The highest BCUT2D eigenvalue weighted by Gasteiger charge is 2.19. The van der Waals surface area contributed by atoms with Crippen LogP contribution >= 0.6 is 11.3 Å². The van der Waals surface area contributed by atoms with Crippen molar-refractivity contribution < 1.29 is 0 Å². The summed E-state index contributed by atoms with van der Waals surface area (Å²) >= 11 is 1.85. The van der Waals surface area contributed by atoms with Gasteiger partial charge in [-0.25, -0.2) is 0 Å². The largest absolute Gasteiger partial charge is 0.383 e. The number of thiophene rings is 1. The molecule has 0 radical (unpaired) electrons. The molecule has 3 rings (SSSR count). The van der Waals surface area contributed by atoms with Crippen LogP contribution in [0.5, 0.6) is 0 Å². The maximum atomic E-state index is 3.60. The van der Waals surface area contributed by atoms with E-state index in [2.05, 4.69) is 59.0 Å². The van der Waals surface area contributed by atoms with Crippen LogP contribution < -0.4 is 5.32 Å². The van der Waals surface area contributed by atoms with Gasteiger partial charge in [0.25, 0.3) is 0 Å². The standard InChI is InChI=1S/C16H20N2S/c1-18(12-15-6-4-10-19-15)14-9-8-13-5-2-3-7-16(13)17-11-14/h2-7,10,14,17H,8-9,11-12H2,1H3. The van der Waals surface area contributed by atoms with Crippen molar-refractivity contribution in [3.63, 3.8) is 0 Å². The topological polar surface area (TPSA) is 15.3 Å². The third-order valence-corrected chi connectivity index (χ3v) is 4.76. The van der Waals surface area contributed by atoms with Gasteiger partial charge >= 0.3 is 0 Å². The summed E-state index contributed by atoms with van der Waals surface area (Å²) in [5.41, 5.74) is 2.77. The first-order chi connectivity index (χ1) is 9.33. The van der Waals surface area contributed by atoms with Gasteiger partial charge in [0.1, 0.15) is 0 Å². The Balaban J connectivity index is 1.65. The Labute approximate surface area is 119 Å². The molecule has 19 heavy (non-hydrogen) atoms. The summed E-state index contributed by atoms with van der Waals surface area (Å²) in [6, 6.07) is 13.6. The molecule has 1 aromatic carbocycles. The second-order valence-electron chi connectivity index (χ2n) is 5.23. The molecule has 100 valence electrons. The van der Waals surface area contributed by atoms with Crippen molar-refractivity contribution in [3.05, 3.63) is 52.2 Å². The summed E-state index contributed by atoms with van der Waals surface area (Å²) in [7, 11) is 2.24. The molecule has 2 heterocycles. The molecule has 1 aliphatic heterocycles. The highest BCUT2D eigenvalue weighted by Crippen LogP contribution is 2.23. The minimum atomic E-state index is 0.606. The minimum absolute atomic E-state index is 0.606. The van der Waals surface area contributed by atoms with E-state index in [1.54, 1.807) is 0 Å². The van der Waals surface area contributed by atoms with Crippen molar-refractivity contribution in [2.45, 2.75) is 25.4 Å². The third-order valence-electron chi connectivity index (χ3n) is 3.90. The number of rotatable bonds is 3. The zero-order chi connectivity index (χ0) is 13.1. The van der Waals surface area contributed by atoms with Crippen LogP contribution in [0.3, 0.4) is 0 Å². The molecule has 1 N–H and O–H groups in total. The second kappa shape index (κ2) is 5.76. The number of fused-ring (bicyclic) bond motifs is 1. The number of aryl methyl sites for hydroxylation is 1. The summed E-state index contributed by atoms with van der Waals surface area (Å²) in [6.45, 7) is 2.10. The Morgan fingerprint density at radius 1 is 1.26 bits per heavy atom. The molecule has 0 bridgehead atoms. The average molecular weight is 272 g/mol. The predicted octanol–water partition coefficient (Wildman–Crippen LogP) is 3.61. The van der Waals surface area contributed by atoms with Crippen LogP contribution in [0, 0.1) is 0 Å². The molecular weight excluding hydrogens is 252 g/mol. The van der Waals surface area contributed by atoms with Crippen LogP contribution in [0.15, 0.2) is 41.8 Å². The van der Waals surface area contributed by atoms with Gasteiger partial charge in [-0.2, -0.15) is 0 Å². The molecule has 1 aromatic heterocycles. The van der Waals surface area contributed by atoms with E-state index >= 15 is 0 Å². The van der Waals surface area contributed by atoms with E-state index in [9.17, 15) is 0 Å². The number of likely N-dealkylation sites (N-methyl/N-ethyl adjacent to an activating group) is 1.